The number of halogens is 1. The van der Waals surface area contributed by atoms with Gasteiger partial charge >= 0.3 is 0 Å². The van der Waals surface area contributed by atoms with Crippen molar-refractivity contribution in [3.63, 3.8) is 0 Å². The Morgan fingerprint density at radius 3 is 2.95 bits per heavy atom. The highest BCUT2D eigenvalue weighted by atomic mass is 79.9. The van der Waals surface area contributed by atoms with Crippen LogP contribution in [0.4, 0.5) is 5.82 Å². The Kier molecular flexibility index (Phi) is 3.96. The minimum atomic E-state index is -3.80. The van der Waals surface area contributed by atoms with Crippen LogP contribution in [0.1, 0.15) is 11.6 Å². The lowest BCUT2D eigenvalue weighted by molar-refractivity contribution is 0.597. The van der Waals surface area contributed by atoms with Crippen molar-refractivity contribution in [3.05, 3.63) is 46.6 Å². The molecule has 1 atom stereocenters. The molecule has 8 heteroatoms. The normalized spacial score (nSPS) is 17.5. The number of sulfonamides is 1. The van der Waals surface area contributed by atoms with Crippen LogP contribution >= 0.6 is 27.7 Å². The number of primary sulfonamides is 1. The first kappa shape index (κ1) is 14.8. The van der Waals surface area contributed by atoms with E-state index in [4.69, 9.17) is 5.14 Å². The molecular weight excluding hydrogens is 374 g/mol. The number of rotatable bonds is 3. The van der Waals surface area contributed by atoms with Crippen LogP contribution in [0.5, 0.6) is 0 Å². The van der Waals surface area contributed by atoms with Gasteiger partial charge in [0, 0.05) is 21.3 Å². The van der Waals surface area contributed by atoms with E-state index >= 15 is 0 Å². The Labute approximate surface area is 135 Å². The summed E-state index contributed by atoms with van der Waals surface area (Å²) in [6, 6.07) is 9.08. The topological polar surface area (TPSA) is 85.1 Å². The lowest BCUT2D eigenvalue weighted by atomic mass is 10.1. The second-order valence-corrected chi connectivity index (χ2v) is 8.09. The molecule has 2 heterocycles. The zero-order valence-corrected chi connectivity index (χ0v) is 14.0. The molecule has 1 unspecified atom stereocenters. The van der Waals surface area contributed by atoms with Crippen molar-refractivity contribution in [3.8, 4) is 0 Å². The molecule has 0 bridgehead atoms. The maximum Gasteiger partial charge on any atom is 0.241 e. The predicted molar refractivity (Wildman–Crippen MR) is 86.8 cm³/mol. The number of hydrogen-bond acceptors (Lipinski definition) is 5. The number of nitrogens with one attached hydrogen (secondary N) is 1. The first-order valence-corrected chi connectivity index (χ1v) is 9.44. The van der Waals surface area contributed by atoms with E-state index in [-0.39, 0.29) is 10.9 Å². The molecule has 0 spiro atoms. The SMILES string of the molecule is NS(=O)(=O)c1cccnc1NC1CSc2ccc(Br)cc21. The molecular formula is C13H12BrN3O2S2. The molecule has 0 saturated heterocycles. The molecule has 0 radical (unpaired) electrons. The van der Waals surface area contributed by atoms with Gasteiger partial charge in [-0.05, 0) is 35.9 Å². The van der Waals surface area contributed by atoms with E-state index in [0.717, 1.165) is 15.8 Å². The maximum atomic E-state index is 11.6. The third kappa shape index (κ3) is 3.08. The molecule has 0 aliphatic carbocycles. The Balaban J connectivity index is 1.96. The summed E-state index contributed by atoms with van der Waals surface area (Å²) in [6.07, 6.45) is 1.54. The van der Waals surface area contributed by atoms with E-state index in [9.17, 15) is 8.42 Å². The first-order chi connectivity index (χ1) is 9.95. The van der Waals surface area contributed by atoms with Gasteiger partial charge in [-0.2, -0.15) is 0 Å². The van der Waals surface area contributed by atoms with Gasteiger partial charge in [0.05, 0.1) is 6.04 Å². The quantitative estimate of drug-likeness (QED) is 0.848. The molecule has 0 saturated carbocycles. The van der Waals surface area contributed by atoms with E-state index < -0.39 is 10.0 Å². The number of aromatic nitrogens is 1. The van der Waals surface area contributed by atoms with Crippen molar-refractivity contribution in [1.82, 2.24) is 4.98 Å². The fourth-order valence-corrected chi connectivity index (χ4v) is 4.37. The number of hydrogen-bond donors (Lipinski definition) is 2. The molecule has 5 nitrogen and oxygen atoms in total. The Hall–Kier alpha value is -1.09. The molecule has 2 aromatic rings. The van der Waals surface area contributed by atoms with E-state index in [1.54, 1.807) is 24.0 Å². The number of anilines is 1. The van der Waals surface area contributed by atoms with E-state index in [0.29, 0.717) is 5.82 Å². The average Bonchev–Trinajstić information content (AvgIpc) is 2.81. The van der Waals surface area contributed by atoms with Gasteiger partial charge in [0.25, 0.3) is 0 Å². The third-order valence-corrected chi connectivity index (χ3v) is 5.76. The van der Waals surface area contributed by atoms with Crippen LogP contribution in [0.3, 0.4) is 0 Å². The second-order valence-electron chi connectivity index (χ2n) is 4.59. The molecule has 1 aromatic heterocycles. The summed E-state index contributed by atoms with van der Waals surface area (Å²) in [7, 11) is -3.80. The van der Waals surface area contributed by atoms with Gasteiger partial charge in [-0.3, -0.25) is 0 Å². The first-order valence-electron chi connectivity index (χ1n) is 6.12. The summed E-state index contributed by atoms with van der Waals surface area (Å²) in [6.45, 7) is 0. The zero-order valence-electron chi connectivity index (χ0n) is 10.8. The average molecular weight is 386 g/mol. The van der Waals surface area contributed by atoms with E-state index in [1.807, 2.05) is 18.2 Å². The number of nitrogens with zero attached hydrogens (tertiary/aromatic N) is 1. The van der Waals surface area contributed by atoms with Gasteiger partial charge in [0.15, 0.2) is 0 Å². The number of benzene rings is 1. The van der Waals surface area contributed by atoms with Gasteiger partial charge in [-0.25, -0.2) is 18.5 Å². The Morgan fingerprint density at radius 1 is 1.38 bits per heavy atom. The number of pyridine rings is 1. The van der Waals surface area contributed by atoms with Gasteiger partial charge in [0.2, 0.25) is 10.0 Å². The van der Waals surface area contributed by atoms with Crippen molar-refractivity contribution in [2.75, 3.05) is 11.1 Å². The van der Waals surface area contributed by atoms with Crippen LogP contribution < -0.4 is 10.5 Å². The van der Waals surface area contributed by atoms with Gasteiger partial charge in [0.1, 0.15) is 10.7 Å². The molecule has 1 aromatic carbocycles. The lowest BCUT2D eigenvalue weighted by Crippen LogP contribution is -2.18. The largest absolute Gasteiger partial charge is 0.361 e. The van der Waals surface area contributed by atoms with Crippen LogP contribution in [0.25, 0.3) is 0 Å². The van der Waals surface area contributed by atoms with Crippen LogP contribution in [-0.2, 0) is 10.0 Å². The summed E-state index contributed by atoms with van der Waals surface area (Å²) >= 11 is 5.18. The van der Waals surface area contributed by atoms with Crippen LogP contribution in [0.15, 0.2) is 50.8 Å². The van der Waals surface area contributed by atoms with Gasteiger partial charge < -0.3 is 5.32 Å². The van der Waals surface area contributed by atoms with E-state index in [1.165, 1.54) is 11.0 Å². The van der Waals surface area contributed by atoms with Crippen molar-refractivity contribution in [2.45, 2.75) is 15.8 Å². The summed E-state index contributed by atoms with van der Waals surface area (Å²) < 4.78 is 24.2. The number of nitrogens with two attached hydrogens (primary N) is 1. The van der Waals surface area contributed by atoms with Crippen molar-refractivity contribution in [1.29, 1.82) is 0 Å². The second kappa shape index (κ2) is 5.60. The van der Waals surface area contributed by atoms with Crippen molar-refractivity contribution >= 4 is 43.5 Å². The molecule has 110 valence electrons. The van der Waals surface area contributed by atoms with Crippen LogP contribution in [0.2, 0.25) is 0 Å². The standard InChI is InChI=1S/C13H12BrN3O2S2/c14-8-3-4-11-9(6-8)10(7-20-11)17-13-12(21(15,18)19)2-1-5-16-13/h1-6,10H,7H2,(H,16,17)(H2,15,18,19). The number of thioether (sulfide) groups is 1. The lowest BCUT2D eigenvalue weighted by Gasteiger charge is -2.16. The summed E-state index contributed by atoms with van der Waals surface area (Å²) in [5, 5.41) is 8.42. The molecule has 3 N–H and O–H groups in total. The smallest absolute Gasteiger partial charge is 0.241 e. The highest BCUT2D eigenvalue weighted by Crippen LogP contribution is 2.41. The summed E-state index contributed by atoms with van der Waals surface area (Å²) in [5.41, 5.74) is 1.13. The maximum absolute atomic E-state index is 11.6. The fraction of sp³-hybridized carbons (Fsp3) is 0.154. The minimum Gasteiger partial charge on any atom is -0.361 e. The summed E-state index contributed by atoms with van der Waals surface area (Å²) in [5.74, 6) is 1.10. The highest BCUT2D eigenvalue weighted by Gasteiger charge is 2.25. The van der Waals surface area contributed by atoms with Crippen molar-refractivity contribution in [2.24, 2.45) is 5.14 Å². The van der Waals surface area contributed by atoms with E-state index in [2.05, 4.69) is 26.2 Å². The predicted octanol–water partition coefficient (Wildman–Crippen LogP) is 2.75. The molecule has 1 aliphatic heterocycles. The Bertz CT molecular complexity index is 796. The fourth-order valence-electron chi connectivity index (χ4n) is 2.20. The molecule has 21 heavy (non-hydrogen) atoms. The molecule has 0 amide bonds. The highest BCUT2D eigenvalue weighted by molar-refractivity contribution is 9.10. The summed E-state index contributed by atoms with van der Waals surface area (Å²) in [4.78, 5) is 5.31. The van der Waals surface area contributed by atoms with Crippen LogP contribution in [0, 0.1) is 0 Å². The zero-order chi connectivity index (χ0) is 15.0. The minimum absolute atomic E-state index is 0.00194. The third-order valence-electron chi connectivity index (χ3n) is 3.14. The molecule has 0 fully saturated rings. The molecule has 1 aliphatic rings. The number of fused-ring (bicyclic) bond motifs is 1. The Morgan fingerprint density at radius 2 is 2.19 bits per heavy atom. The van der Waals surface area contributed by atoms with Gasteiger partial charge in [-0.1, -0.05) is 15.9 Å². The van der Waals surface area contributed by atoms with Crippen molar-refractivity contribution < 1.29 is 8.42 Å². The monoisotopic (exact) mass is 385 g/mol. The van der Waals surface area contributed by atoms with Crippen LogP contribution in [-0.4, -0.2) is 19.2 Å². The van der Waals surface area contributed by atoms with Gasteiger partial charge in [-0.15, -0.1) is 11.8 Å². The molecule has 3 rings (SSSR count).